The van der Waals surface area contributed by atoms with Crippen molar-refractivity contribution in [3.63, 3.8) is 0 Å². The molecule has 0 saturated carbocycles. The highest BCUT2D eigenvalue weighted by atomic mass is 32.2. The van der Waals surface area contributed by atoms with Crippen LogP contribution in [0.3, 0.4) is 0 Å². The highest BCUT2D eigenvalue weighted by Crippen LogP contribution is 2.29. The van der Waals surface area contributed by atoms with Gasteiger partial charge < -0.3 is 15.1 Å². The van der Waals surface area contributed by atoms with Crippen molar-refractivity contribution in [2.75, 3.05) is 34.8 Å². The lowest BCUT2D eigenvalue weighted by molar-refractivity contribution is 0.174. The highest BCUT2D eigenvalue weighted by Gasteiger charge is 2.48. The van der Waals surface area contributed by atoms with Crippen molar-refractivity contribution < 1.29 is 13.2 Å². The summed E-state index contributed by atoms with van der Waals surface area (Å²) < 4.78 is 24.5. The molecule has 1 aromatic heterocycles. The average Bonchev–Trinajstić information content (AvgIpc) is 2.97. The third-order valence-electron chi connectivity index (χ3n) is 4.77. The Labute approximate surface area is 151 Å². The number of benzene rings is 1. The van der Waals surface area contributed by atoms with Gasteiger partial charge in [-0.2, -0.15) is 0 Å². The van der Waals surface area contributed by atoms with Crippen LogP contribution in [0.5, 0.6) is 0 Å². The van der Waals surface area contributed by atoms with Crippen molar-refractivity contribution in [3.8, 4) is 0 Å². The van der Waals surface area contributed by atoms with Gasteiger partial charge in [-0.25, -0.2) is 23.2 Å². The predicted molar refractivity (Wildman–Crippen MR) is 97.8 cm³/mol. The van der Waals surface area contributed by atoms with Gasteiger partial charge in [-0.1, -0.05) is 18.2 Å². The molecule has 2 saturated heterocycles. The number of piperazine rings is 1. The van der Waals surface area contributed by atoms with Gasteiger partial charge >= 0.3 is 6.03 Å². The number of hydrogen-bond acceptors (Lipinski definition) is 6. The van der Waals surface area contributed by atoms with Gasteiger partial charge in [-0.3, -0.25) is 0 Å². The van der Waals surface area contributed by atoms with Crippen LogP contribution in [0.1, 0.15) is 0 Å². The molecule has 4 rings (SSSR count). The zero-order chi connectivity index (χ0) is 18.1. The van der Waals surface area contributed by atoms with E-state index in [1.54, 1.807) is 35.5 Å². The summed E-state index contributed by atoms with van der Waals surface area (Å²) >= 11 is 0. The Kier molecular flexibility index (Phi) is 4.23. The summed E-state index contributed by atoms with van der Waals surface area (Å²) in [6.45, 7) is 0.899. The third-order valence-corrected chi connectivity index (χ3v) is 6.47. The van der Waals surface area contributed by atoms with Crippen LogP contribution >= 0.6 is 0 Å². The number of urea groups is 1. The number of nitrogens with one attached hydrogen (secondary N) is 1. The molecule has 2 aromatic rings. The Morgan fingerprint density at radius 2 is 1.69 bits per heavy atom. The number of fused-ring (bicyclic) bond motifs is 1. The minimum absolute atomic E-state index is 0.00500. The number of nitrogens with zero attached hydrogens (tertiary/aromatic N) is 4. The van der Waals surface area contributed by atoms with E-state index in [2.05, 4.69) is 15.3 Å². The molecule has 0 spiro atoms. The molecule has 2 aliphatic heterocycles. The van der Waals surface area contributed by atoms with E-state index in [1.807, 2.05) is 23.1 Å². The predicted octanol–water partition coefficient (Wildman–Crippen LogP) is 0.996. The van der Waals surface area contributed by atoms with Crippen molar-refractivity contribution in [3.05, 3.63) is 48.8 Å². The minimum Gasteiger partial charge on any atom is -0.333 e. The Bertz CT molecular complexity index is 891. The molecule has 0 unspecified atom stereocenters. The Morgan fingerprint density at radius 1 is 1.00 bits per heavy atom. The van der Waals surface area contributed by atoms with Gasteiger partial charge in [0, 0.05) is 31.2 Å². The number of aromatic nitrogens is 2. The fourth-order valence-corrected chi connectivity index (χ4v) is 5.59. The summed E-state index contributed by atoms with van der Waals surface area (Å²) in [6.07, 6.45) is 3.27. The van der Waals surface area contributed by atoms with Crippen LogP contribution in [0.25, 0.3) is 0 Å². The van der Waals surface area contributed by atoms with E-state index in [0.29, 0.717) is 24.7 Å². The molecule has 0 radical (unpaired) electrons. The number of para-hydroxylation sites is 1. The second-order valence-electron chi connectivity index (χ2n) is 6.44. The van der Waals surface area contributed by atoms with Crippen LogP contribution in [-0.2, 0) is 9.84 Å². The molecule has 0 aliphatic carbocycles. The first kappa shape index (κ1) is 16.8. The number of hydrogen-bond donors (Lipinski definition) is 1. The molecular weight excluding hydrogens is 354 g/mol. The number of sulfone groups is 1. The summed E-state index contributed by atoms with van der Waals surface area (Å²) in [5.41, 5.74) is 0.684. The summed E-state index contributed by atoms with van der Waals surface area (Å²) in [7, 11) is -3.23. The fourth-order valence-electron chi connectivity index (χ4n) is 3.61. The fraction of sp³-hybridized carbons (Fsp3) is 0.353. The standard InChI is InChI=1S/C17H19N5O3S/c23-17(20-13-5-2-1-3-6-13)22-10-9-21(16-18-7-4-8-19-16)14-11-26(24,25)12-15(14)22/h1-8,14-15H,9-12H2,(H,20,23)/t14-,15+/m1/s1. The number of amides is 2. The first-order valence-corrected chi connectivity index (χ1v) is 10.2. The van der Waals surface area contributed by atoms with Crippen molar-refractivity contribution in [2.45, 2.75) is 12.1 Å². The Morgan fingerprint density at radius 3 is 2.42 bits per heavy atom. The maximum atomic E-state index is 12.7. The SMILES string of the molecule is O=C(Nc1ccccc1)N1CCN(c2ncccn2)[C@@H]2CS(=O)(=O)C[C@@H]21. The van der Waals surface area contributed by atoms with Crippen LogP contribution in [-0.4, -0.2) is 66.0 Å². The minimum atomic E-state index is -3.23. The Hall–Kier alpha value is -2.68. The molecule has 2 fully saturated rings. The second-order valence-corrected chi connectivity index (χ2v) is 8.60. The van der Waals surface area contributed by atoms with Crippen LogP contribution in [0.4, 0.5) is 16.4 Å². The van der Waals surface area contributed by atoms with Crippen molar-refractivity contribution >= 4 is 27.5 Å². The van der Waals surface area contributed by atoms with Gasteiger partial charge in [0.25, 0.3) is 0 Å². The van der Waals surface area contributed by atoms with E-state index >= 15 is 0 Å². The van der Waals surface area contributed by atoms with Gasteiger partial charge in [-0.05, 0) is 18.2 Å². The molecule has 0 bridgehead atoms. The van der Waals surface area contributed by atoms with E-state index in [0.717, 1.165) is 0 Å². The van der Waals surface area contributed by atoms with Gasteiger partial charge in [-0.15, -0.1) is 0 Å². The number of carbonyl (C=O) groups excluding carboxylic acids is 1. The summed E-state index contributed by atoms with van der Waals surface area (Å²) in [4.78, 5) is 24.8. The van der Waals surface area contributed by atoms with Gasteiger partial charge in [0.15, 0.2) is 9.84 Å². The first-order chi connectivity index (χ1) is 12.5. The molecule has 3 heterocycles. The van der Waals surface area contributed by atoms with Crippen LogP contribution in [0, 0.1) is 0 Å². The first-order valence-electron chi connectivity index (χ1n) is 8.40. The van der Waals surface area contributed by atoms with Crippen molar-refractivity contribution in [1.29, 1.82) is 0 Å². The topological polar surface area (TPSA) is 95.5 Å². The normalized spacial score (nSPS) is 24.2. The third kappa shape index (κ3) is 3.22. The van der Waals surface area contributed by atoms with Crippen LogP contribution < -0.4 is 10.2 Å². The maximum absolute atomic E-state index is 12.7. The lowest BCUT2D eigenvalue weighted by Crippen LogP contribution is -2.62. The van der Waals surface area contributed by atoms with E-state index in [4.69, 9.17) is 0 Å². The van der Waals surface area contributed by atoms with E-state index in [1.165, 1.54) is 0 Å². The smallest absolute Gasteiger partial charge is 0.322 e. The molecular formula is C17H19N5O3S. The molecule has 2 atom stereocenters. The van der Waals surface area contributed by atoms with Crippen molar-refractivity contribution in [1.82, 2.24) is 14.9 Å². The zero-order valence-electron chi connectivity index (χ0n) is 14.0. The molecule has 1 N–H and O–H groups in total. The lowest BCUT2D eigenvalue weighted by Gasteiger charge is -2.43. The van der Waals surface area contributed by atoms with E-state index < -0.39 is 15.9 Å². The van der Waals surface area contributed by atoms with E-state index in [-0.39, 0.29) is 23.6 Å². The summed E-state index contributed by atoms with van der Waals surface area (Å²) in [5, 5.41) is 2.85. The average molecular weight is 373 g/mol. The number of rotatable bonds is 2. The summed E-state index contributed by atoms with van der Waals surface area (Å²) in [5.74, 6) is 0.469. The molecule has 9 heteroatoms. The van der Waals surface area contributed by atoms with Crippen LogP contribution in [0.2, 0.25) is 0 Å². The molecule has 2 amide bonds. The van der Waals surface area contributed by atoms with Gasteiger partial charge in [0.2, 0.25) is 5.95 Å². The molecule has 136 valence electrons. The Balaban J connectivity index is 1.58. The highest BCUT2D eigenvalue weighted by molar-refractivity contribution is 7.91. The van der Waals surface area contributed by atoms with E-state index in [9.17, 15) is 13.2 Å². The summed E-state index contributed by atoms with van der Waals surface area (Å²) in [6, 6.07) is 9.83. The maximum Gasteiger partial charge on any atom is 0.322 e. The molecule has 2 aliphatic rings. The zero-order valence-corrected chi connectivity index (χ0v) is 14.8. The molecule has 26 heavy (non-hydrogen) atoms. The van der Waals surface area contributed by atoms with Crippen LogP contribution in [0.15, 0.2) is 48.8 Å². The van der Waals surface area contributed by atoms with Crippen molar-refractivity contribution in [2.24, 2.45) is 0 Å². The lowest BCUT2D eigenvalue weighted by atomic mass is 10.1. The quantitative estimate of drug-likeness (QED) is 0.844. The number of anilines is 2. The van der Waals surface area contributed by atoms with Gasteiger partial charge in [0.05, 0.1) is 23.6 Å². The second kappa shape index (κ2) is 6.56. The molecule has 1 aromatic carbocycles. The number of carbonyl (C=O) groups is 1. The molecule has 8 nitrogen and oxygen atoms in total. The van der Waals surface area contributed by atoms with Gasteiger partial charge in [0.1, 0.15) is 0 Å². The largest absolute Gasteiger partial charge is 0.333 e. The monoisotopic (exact) mass is 373 g/mol.